The summed E-state index contributed by atoms with van der Waals surface area (Å²) in [4.78, 5) is 18.6. The maximum Gasteiger partial charge on any atom is 0.240 e. The fraction of sp³-hybridized carbons (Fsp3) is 0.195. The molecule has 6 heteroatoms. The summed E-state index contributed by atoms with van der Waals surface area (Å²) in [5, 5.41) is 4.94. The van der Waals surface area contributed by atoms with Crippen molar-refractivity contribution in [3.8, 4) is 17.3 Å². The molecule has 1 fully saturated rings. The second-order valence-corrected chi connectivity index (χ2v) is 14.7. The molecule has 0 amide bonds. The lowest BCUT2D eigenvalue weighted by molar-refractivity contribution is 0.193. The molecule has 47 heavy (non-hydrogen) atoms. The predicted molar refractivity (Wildman–Crippen MR) is 195 cm³/mol. The highest BCUT2D eigenvalue weighted by molar-refractivity contribution is 7.25. The van der Waals surface area contributed by atoms with Crippen molar-refractivity contribution in [2.75, 3.05) is 4.90 Å². The molecule has 0 bridgehead atoms. The number of thiophene rings is 1. The Kier molecular flexibility index (Phi) is 5.60. The Morgan fingerprint density at radius 3 is 2.04 bits per heavy atom. The van der Waals surface area contributed by atoms with Crippen molar-refractivity contribution in [2.45, 2.75) is 50.5 Å². The van der Waals surface area contributed by atoms with Crippen molar-refractivity contribution in [2.24, 2.45) is 0 Å². The fourth-order valence-electron chi connectivity index (χ4n) is 8.69. The van der Waals surface area contributed by atoms with Gasteiger partial charge in [-0.1, -0.05) is 105 Å². The Morgan fingerprint density at radius 2 is 1.23 bits per heavy atom. The van der Waals surface area contributed by atoms with Gasteiger partial charge < -0.3 is 4.90 Å². The molecule has 5 aromatic carbocycles. The highest BCUT2D eigenvalue weighted by Gasteiger charge is 2.58. The van der Waals surface area contributed by atoms with Crippen molar-refractivity contribution in [3.05, 3.63) is 121 Å². The van der Waals surface area contributed by atoms with Gasteiger partial charge in [-0.3, -0.25) is 4.57 Å². The Morgan fingerprint density at radius 1 is 0.596 bits per heavy atom. The van der Waals surface area contributed by atoms with Crippen LogP contribution in [0.1, 0.15) is 45.1 Å². The van der Waals surface area contributed by atoms with E-state index in [9.17, 15) is 0 Å². The number of fused-ring (bicyclic) bond motifs is 9. The molecule has 2 unspecified atom stereocenters. The van der Waals surface area contributed by atoms with Crippen LogP contribution >= 0.6 is 11.3 Å². The van der Waals surface area contributed by atoms with E-state index in [0.717, 1.165) is 29.4 Å². The summed E-state index contributed by atoms with van der Waals surface area (Å²) in [6.45, 7) is 4.88. The van der Waals surface area contributed by atoms with E-state index in [4.69, 9.17) is 15.0 Å². The summed E-state index contributed by atoms with van der Waals surface area (Å²) in [6.07, 6.45) is 4.66. The Hall–Kier alpha value is -5.07. The van der Waals surface area contributed by atoms with Crippen LogP contribution in [-0.2, 0) is 5.41 Å². The summed E-state index contributed by atoms with van der Waals surface area (Å²) in [6, 6.07) is 41.4. The molecule has 0 radical (unpaired) electrons. The van der Waals surface area contributed by atoms with Crippen molar-refractivity contribution in [1.82, 2.24) is 19.5 Å². The number of aromatic nitrogens is 4. The average Bonchev–Trinajstić information content (AvgIpc) is 3.72. The van der Waals surface area contributed by atoms with E-state index >= 15 is 0 Å². The highest BCUT2D eigenvalue weighted by Crippen LogP contribution is 2.60. The highest BCUT2D eigenvalue weighted by atomic mass is 32.1. The van der Waals surface area contributed by atoms with Gasteiger partial charge >= 0.3 is 0 Å². The first-order chi connectivity index (χ1) is 23.0. The van der Waals surface area contributed by atoms with Crippen LogP contribution in [0.5, 0.6) is 0 Å². The zero-order chi connectivity index (χ0) is 31.3. The van der Waals surface area contributed by atoms with Gasteiger partial charge in [0.15, 0.2) is 5.82 Å². The quantitative estimate of drug-likeness (QED) is 0.196. The van der Waals surface area contributed by atoms with E-state index in [2.05, 4.69) is 139 Å². The molecule has 8 aromatic rings. The molecule has 1 saturated carbocycles. The largest absolute Gasteiger partial charge is 0.303 e. The van der Waals surface area contributed by atoms with Gasteiger partial charge in [0.05, 0.1) is 16.6 Å². The van der Waals surface area contributed by atoms with E-state index in [1.165, 1.54) is 55.0 Å². The van der Waals surface area contributed by atoms with E-state index in [1.807, 2.05) is 11.3 Å². The van der Waals surface area contributed by atoms with Gasteiger partial charge in [-0.15, -0.1) is 11.3 Å². The molecule has 0 saturated heterocycles. The molecule has 4 heterocycles. The molecule has 5 nitrogen and oxygen atoms in total. The Balaban J connectivity index is 1.27. The first-order valence-electron chi connectivity index (χ1n) is 16.6. The third-order valence-electron chi connectivity index (χ3n) is 11.2. The van der Waals surface area contributed by atoms with Crippen molar-refractivity contribution >= 4 is 65.0 Å². The Bertz CT molecular complexity index is 2490. The van der Waals surface area contributed by atoms with Crippen LogP contribution in [0.25, 0.3) is 59.3 Å². The molecule has 1 aliphatic carbocycles. The van der Waals surface area contributed by atoms with Gasteiger partial charge in [-0.25, -0.2) is 0 Å². The first-order valence-corrected chi connectivity index (χ1v) is 17.4. The monoisotopic (exact) mass is 627 g/mol. The van der Waals surface area contributed by atoms with Crippen LogP contribution in [0, 0.1) is 0 Å². The number of rotatable bonds is 3. The van der Waals surface area contributed by atoms with E-state index in [-0.39, 0.29) is 11.0 Å². The van der Waals surface area contributed by atoms with Gasteiger partial charge in [0, 0.05) is 47.6 Å². The van der Waals surface area contributed by atoms with Gasteiger partial charge in [-0.2, -0.15) is 15.0 Å². The number of nitrogens with zero attached hydrogens (tertiary/aromatic N) is 5. The molecule has 2 atom stereocenters. The SMILES string of the molecule is CC12CCCCC1(C)N(c1nc(-c3ccc4c(c3)sc3ccccc34)nc(-n3c4ccccc4c4ccccc43)n1)c1ccccc12. The number of hydrogen-bond acceptors (Lipinski definition) is 5. The topological polar surface area (TPSA) is 46.8 Å². The molecule has 228 valence electrons. The first kappa shape index (κ1) is 27.1. The summed E-state index contributed by atoms with van der Waals surface area (Å²) in [5.41, 5.74) is 5.62. The van der Waals surface area contributed by atoms with Crippen LogP contribution in [-0.4, -0.2) is 25.1 Å². The van der Waals surface area contributed by atoms with E-state index in [1.54, 1.807) is 0 Å². The minimum Gasteiger partial charge on any atom is -0.303 e. The van der Waals surface area contributed by atoms with Crippen molar-refractivity contribution < 1.29 is 0 Å². The third-order valence-corrected chi connectivity index (χ3v) is 12.4. The third kappa shape index (κ3) is 3.67. The summed E-state index contributed by atoms with van der Waals surface area (Å²) in [5.74, 6) is 2.05. The van der Waals surface area contributed by atoms with Gasteiger partial charge in [0.25, 0.3) is 0 Å². The number of para-hydroxylation sites is 3. The van der Waals surface area contributed by atoms with Crippen LogP contribution in [0.15, 0.2) is 115 Å². The maximum absolute atomic E-state index is 5.42. The van der Waals surface area contributed by atoms with Crippen LogP contribution in [0.3, 0.4) is 0 Å². The summed E-state index contributed by atoms with van der Waals surface area (Å²) < 4.78 is 4.75. The van der Waals surface area contributed by atoms with Crippen molar-refractivity contribution in [1.29, 1.82) is 0 Å². The fourth-order valence-corrected chi connectivity index (χ4v) is 9.84. The molecule has 10 rings (SSSR count). The summed E-state index contributed by atoms with van der Waals surface area (Å²) in [7, 11) is 0. The minimum atomic E-state index is -0.166. The number of benzene rings is 5. The summed E-state index contributed by atoms with van der Waals surface area (Å²) >= 11 is 1.82. The van der Waals surface area contributed by atoms with E-state index in [0.29, 0.717) is 17.7 Å². The predicted octanol–water partition coefficient (Wildman–Crippen LogP) is 10.7. The molecule has 1 aliphatic heterocycles. The Labute approximate surface area is 277 Å². The molecule has 2 aliphatic rings. The molecule has 3 aromatic heterocycles. The van der Waals surface area contributed by atoms with Gasteiger partial charge in [-0.05, 0) is 55.7 Å². The van der Waals surface area contributed by atoms with Gasteiger partial charge in [0.2, 0.25) is 11.9 Å². The lowest BCUT2D eigenvalue weighted by atomic mass is 9.61. The smallest absolute Gasteiger partial charge is 0.240 e. The van der Waals surface area contributed by atoms with Crippen molar-refractivity contribution in [3.63, 3.8) is 0 Å². The number of anilines is 2. The average molecular weight is 628 g/mol. The maximum atomic E-state index is 5.42. The lowest BCUT2D eigenvalue weighted by Gasteiger charge is -2.49. The second-order valence-electron chi connectivity index (χ2n) is 13.6. The number of hydrogen-bond donors (Lipinski definition) is 0. The van der Waals surface area contributed by atoms with Crippen LogP contribution in [0.4, 0.5) is 11.6 Å². The van der Waals surface area contributed by atoms with E-state index < -0.39 is 0 Å². The van der Waals surface area contributed by atoms with Crippen LogP contribution < -0.4 is 4.90 Å². The molecular formula is C41H33N5S. The zero-order valence-electron chi connectivity index (χ0n) is 26.4. The zero-order valence-corrected chi connectivity index (χ0v) is 27.3. The molecular weight excluding hydrogens is 595 g/mol. The normalized spacial score (nSPS) is 20.8. The molecule has 0 spiro atoms. The van der Waals surface area contributed by atoms with Crippen LogP contribution in [0.2, 0.25) is 0 Å². The molecule has 0 N–H and O–H groups in total. The standard InChI is InChI=1S/C41H33N5S/c1-40-23-11-12-24-41(40,2)46(34-19-9-6-16-31(34)40)39-43-37(26-21-22-30-29-15-5-10-20-35(29)47-36(30)25-26)42-38(44-39)45-32-17-7-3-13-27(32)28-14-4-8-18-33(28)45/h3-10,13-22,25H,11-12,23-24H2,1-2H3. The lowest BCUT2D eigenvalue weighted by Crippen LogP contribution is -2.55. The second kappa shape index (κ2) is 9.72. The van der Waals surface area contributed by atoms with Gasteiger partial charge in [0.1, 0.15) is 0 Å². The minimum absolute atomic E-state index is 0.00235.